The molecule has 118 valence electrons. The maximum atomic E-state index is 10.7. The highest BCUT2D eigenvalue weighted by molar-refractivity contribution is 5.43. The van der Waals surface area contributed by atoms with E-state index in [4.69, 9.17) is 9.47 Å². The standard InChI is InChI=1S/C18H28O3/c1-4-13-7-8-14(11-13)18(19)15-9-10-16(20-5-2)17(12-15)21-6-3/h9-10,12-14,18-19H,4-8,11H2,1-3H3. The van der Waals surface area contributed by atoms with E-state index in [1.165, 1.54) is 12.8 Å². The molecule has 1 aliphatic carbocycles. The van der Waals surface area contributed by atoms with Crippen LogP contribution in [0.2, 0.25) is 0 Å². The summed E-state index contributed by atoms with van der Waals surface area (Å²) in [6.45, 7) is 7.37. The van der Waals surface area contributed by atoms with Crippen molar-refractivity contribution in [2.24, 2.45) is 11.8 Å². The van der Waals surface area contributed by atoms with Crippen LogP contribution in [-0.4, -0.2) is 18.3 Å². The minimum atomic E-state index is -0.392. The van der Waals surface area contributed by atoms with Crippen molar-refractivity contribution in [2.75, 3.05) is 13.2 Å². The van der Waals surface area contributed by atoms with Crippen molar-refractivity contribution in [3.05, 3.63) is 23.8 Å². The Bertz CT molecular complexity index is 444. The van der Waals surface area contributed by atoms with Gasteiger partial charge in [0, 0.05) is 0 Å². The lowest BCUT2D eigenvalue weighted by molar-refractivity contribution is 0.108. The first kappa shape index (κ1) is 16.2. The summed E-state index contributed by atoms with van der Waals surface area (Å²) < 4.78 is 11.2. The molecule has 1 aliphatic rings. The number of aliphatic hydroxyl groups excluding tert-OH is 1. The maximum Gasteiger partial charge on any atom is 0.161 e. The number of rotatable bonds is 7. The molecular formula is C18H28O3. The van der Waals surface area contributed by atoms with Gasteiger partial charge in [-0.15, -0.1) is 0 Å². The van der Waals surface area contributed by atoms with Crippen molar-refractivity contribution in [1.82, 2.24) is 0 Å². The van der Waals surface area contributed by atoms with Gasteiger partial charge in [0.25, 0.3) is 0 Å². The van der Waals surface area contributed by atoms with Gasteiger partial charge >= 0.3 is 0 Å². The Morgan fingerprint density at radius 3 is 2.43 bits per heavy atom. The Labute approximate surface area is 128 Å². The van der Waals surface area contributed by atoms with Gasteiger partial charge in [-0.05, 0) is 56.2 Å². The van der Waals surface area contributed by atoms with E-state index in [0.29, 0.717) is 19.1 Å². The number of aliphatic hydroxyl groups is 1. The summed E-state index contributed by atoms with van der Waals surface area (Å²) in [5.74, 6) is 2.65. The molecule has 21 heavy (non-hydrogen) atoms. The van der Waals surface area contributed by atoms with Crippen LogP contribution in [0, 0.1) is 11.8 Å². The van der Waals surface area contributed by atoms with Crippen molar-refractivity contribution in [3.63, 3.8) is 0 Å². The lowest BCUT2D eigenvalue weighted by Gasteiger charge is -2.20. The van der Waals surface area contributed by atoms with E-state index in [1.807, 2.05) is 32.0 Å². The quantitative estimate of drug-likeness (QED) is 0.812. The molecule has 0 radical (unpaired) electrons. The van der Waals surface area contributed by atoms with Crippen LogP contribution in [0.5, 0.6) is 11.5 Å². The van der Waals surface area contributed by atoms with Gasteiger partial charge in [0.1, 0.15) is 0 Å². The highest BCUT2D eigenvalue weighted by Crippen LogP contribution is 2.41. The average molecular weight is 292 g/mol. The van der Waals surface area contributed by atoms with E-state index in [0.717, 1.165) is 35.8 Å². The van der Waals surface area contributed by atoms with E-state index < -0.39 is 6.10 Å². The normalized spacial score (nSPS) is 23.0. The molecule has 3 nitrogen and oxygen atoms in total. The van der Waals surface area contributed by atoms with E-state index >= 15 is 0 Å². The lowest BCUT2D eigenvalue weighted by Crippen LogP contribution is -2.10. The Kier molecular flexibility index (Phi) is 5.92. The topological polar surface area (TPSA) is 38.7 Å². The van der Waals surface area contributed by atoms with Crippen LogP contribution < -0.4 is 9.47 Å². The third-order valence-electron chi connectivity index (χ3n) is 4.51. The largest absolute Gasteiger partial charge is 0.490 e. The van der Waals surface area contributed by atoms with Gasteiger partial charge < -0.3 is 14.6 Å². The molecule has 3 atom stereocenters. The van der Waals surface area contributed by atoms with Crippen molar-refractivity contribution in [2.45, 2.75) is 52.6 Å². The van der Waals surface area contributed by atoms with Crippen LogP contribution in [0.1, 0.15) is 58.1 Å². The molecule has 0 aromatic heterocycles. The minimum absolute atomic E-state index is 0.377. The Morgan fingerprint density at radius 2 is 1.81 bits per heavy atom. The van der Waals surface area contributed by atoms with Gasteiger partial charge in [-0.1, -0.05) is 25.8 Å². The molecular weight excluding hydrogens is 264 g/mol. The summed E-state index contributed by atoms with van der Waals surface area (Å²) in [7, 11) is 0. The van der Waals surface area contributed by atoms with Gasteiger partial charge in [-0.3, -0.25) is 0 Å². The molecule has 0 bridgehead atoms. The van der Waals surface area contributed by atoms with Crippen LogP contribution in [0.25, 0.3) is 0 Å². The van der Waals surface area contributed by atoms with Crippen molar-refractivity contribution in [1.29, 1.82) is 0 Å². The number of benzene rings is 1. The fourth-order valence-corrected chi connectivity index (χ4v) is 3.30. The van der Waals surface area contributed by atoms with Crippen LogP contribution in [0.4, 0.5) is 0 Å². The molecule has 1 aromatic carbocycles. The molecule has 1 fully saturated rings. The molecule has 0 amide bonds. The second-order valence-electron chi connectivity index (χ2n) is 5.86. The molecule has 3 unspecified atom stereocenters. The lowest BCUT2D eigenvalue weighted by atomic mass is 9.92. The van der Waals surface area contributed by atoms with E-state index in [2.05, 4.69) is 6.92 Å². The van der Waals surface area contributed by atoms with E-state index in [9.17, 15) is 5.11 Å². The Hall–Kier alpha value is -1.22. The molecule has 0 spiro atoms. The van der Waals surface area contributed by atoms with E-state index in [-0.39, 0.29) is 0 Å². The van der Waals surface area contributed by atoms with Gasteiger partial charge in [0.2, 0.25) is 0 Å². The van der Waals surface area contributed by atoms with Crippen LogP contribution in [0.3, 0.4) is 0 Å². The smallest absolute Gasteiger partial charge is 0.161 e. The van der Waals surface area contributed by atoms with Gasteiger partial charge in [-0.25, -0.2) is 0 Å². The monoisotopic (exact) mass is 292 g/mol. The van der Waals surface area contributed by atoms with Crippen molar-refractivity contribution >= 4 is 0 Å². The average Bonchev–Trinajstić information content (AvgIpc) is 2.98. The number of hydrogen-bond donors (Lipinski definition) is 1. The summed E-state index contributed by atoms with van der Waals surface area (Å²) in [4.78, 5) is 0. The highest BCUT2D eigenvalue weighted by atomic mass is 16.5. The van der Waals surface area contributed by atoms with Crippen molar-refractivity contribution in [3.8, 4) is 11.5 Å². The van der Waals surface area contributed by atoms with Crippen LogP contribution in [0.15, 0.2) is 18.2 Å². The predicted molar refractivity (Wildman–Crippen MR) is 84.9 cm³/mol. The molecule has 1 aromatic rings. The van der Waals surface area contributed by atoms with Gasteiger partial charge in [0.05, 0.1) is 19.3 Å². The number of ether oxygens (including phenoxy) is 2. The molecule has 0 heterocycles. The highest BCUT2D eigenvalue weighted by Gasteiger charge is 2.30. The van der Waals surface area contributed by atoms with Crippen LogP contribution in [-0.2, 0) is 0 Å². The molecule has 0 aliphatic heterocycles. The zero-order valence-electron chi connectivity index (χ0n) is 13.5. The summed E-state index contributed by atoms with van der Waals surface area (Å²) in [5.41, 5.74) is 0.948. The minimum Gasteiger partial charge on any atom is -0.490 e. The summed E-state index contributed by atoms with van der Waals surface area (Å²) in [6.07, 6.45) is 4.33. The molecule has 3 heteroatoms. The summed E-state index contributed by atoms with van der Waals surface area (Å²) >= 11 is 0. The predicted octanol–water partition coefficient (Wildman–Crippen LogP) is 4.34. The third kappa shape index (κ3) is 3.91. The van der Waals surface area contributed by atoms with Crippen LogP contribution >= 0.6 is 0 Å². The Balaban J connectivity index is 2.13. The van der Waals surface area contributed by atoms with Gasteiger partial charge in [-0.2, -0.15) is 0 Å². The Morgan fingerprint density at radius 1 is 1.10 bits per heavy atom. The summed E-state index contributed by atoms with van der Waals surface area (Å²) in [6, 6.07) is 5.83. The maximum absolute atomic E-state index is 10.7. The molecule has 1 N–H and O–H groups in total. The first-order valence-corrected chi connectivity index (χ1v) is 8.27. The number of hydrogen-bond acceptors (Lipinski definition) is 3. The molecule has 0 saturated heterocycles. The first-order valence-electron chi connectivity index (χ1n) is 8.27. The first-order chi connectivity index (χ1) is 10.2. The summed E-state index contributed by atoms with van der Waals surface area (Å²) in [5, 5.41) is 10.7. The molecule has 2 rings (SSSR count). The molecule has 1 saturated carbocycles. The van der Waals surface area contributed by atoms with E-state index in [1.54, 1.807) is 0 Å². The SMILES string of the molecule is CCOc1ccc(C(O)C2CCC(CC)C2)cc1OCC. The second-order valence-corrected chi connectivity index (χ2v) is 5.86. The van der Waals surface area contributed by atoms with Crippen molar-refractivity contribution < 1.29 is 14.6 Å². The fourth-order valence-electron chi connectivity index (χ4n) is 3.30. The zero-order chi connectivity index (χ0) is 15.2. The second kappa shape index (κ2) is 7.69. The fraction of sp³-hybridized carbons (Fsp3) is 0.667. The zero-order valence-corrected chi connectivity index (χ0v) is 13.5. The van der Waals surface area contributed by atoms with Gasteiger partial charge in [0.15, 0.2) is 11.5 Å². The third-order valence-corrected chi connectivity index (χ3v) is 4.51.